The Labute approximate surface area is 150 Å². The molecule has 26 heavy (non-hydrogen) atoms. The molecule has 4 rings (SSSR count). The van der Waals surface area contributed by atoms with Gasteiger partial charge in [-0.2, -0.15) is 0 Å². The molecule has 7 heteroatoms. The zero-order valence-corrected chi connectivity index (χ0v) is 14.7. The number of halogens is 1. The van der Waals surface area contributed by atoms with E-state index in [0.29, 0.717) is 30.7 Å². The average molecular weight is 359 g/mol. The normalized spacial score (nSPS) is 20.1. The number of aromatic carboxylic acids is 1. The minimum absolute atomic E-state index is 0.00909. The lowest BCUT2D eigenvalue weighted by Crippen LogP contribution is -2.29. The SMILES string of the molecule is CCc1c(N2CCC(N)C2)c(F)cn2c(=O)c(C(=O)O)cc(C3CC3)c12. The van der Waals surface area contributed by atoms with Crippen molar-refractivity contribution in [1.29, 1.82) is 0 Å². The van der Waals surface area contributed by atoms with Crippen LogP contribution in [0.4, 0.5) is 10.1 Å². The lowest BCUT2D eigenvalue weighted by molar-refractivity contribution is 0.0694. The predicted molar refractivity (Wildman–Crippen MR) is 96.7 cm³/mol. The van der Waals surface area contributed by atoms with E-state index in [2.05, 4.69) is 0 Å². The number of rotatable bonds is 4. The van der Waals surface area contributed by atoms with Gasteiger partial charge in [-0.3, -0.25) is 9.20 Å². The molecule has 3 N–H and O–H groups in total. The first-order valence-corrected chi connectivity index (χ1v) is 9.06. The number of carboxylic acid groups (broad SMARTS) is 1. The van der Waals surface area contributed by atoms with Gasteiger partial charge in [-0.05, 0) is 43.2 Å². The fourth-order valence-corrected chi connectivity index (χ4v) is 4.06. The second-order valence-electron chi connectivity index (χ2n) is 7.27. The molecule has 2 fully saturated rings. The number of hydrogen-bond acceptors (Lipinski definition) is 4. The zero-order valence-electron chi connectivity index (χ0n) is 14.7. The fourth-order valence-electron chi connectivity index (χ4n) is 4.06. The average Bonchev–Trinajstić information content (AvgIpc) is 3.35. The Morgan fingerprint density at radius 1 is 1.38 bits per heavy atom. The maximum Gasteiger partial charge on any atom is 0.341 e. The van der Waals surface area contributed by atoms with Gasteiger partial charge in [0.15, 0.2) is 5.82 Å². The van der Waals surface area contributed by atoms with Crippen LogP contribution in [-0.2, 0) is 6.42 Å². The van der Waals surface area contributed by atoms with Crippen LogP contribution in [0.1, 0.15) is 53.6 Å². The summed E-state index contributed by atoms with van der Waals surface area (Å²) in [6.07, 6.45) is 4.41. The minimum atomic E-state index is -1.28. The number of aryl methyl sites for hydroxylation is 1. The van der Waals surface area contributed by atoms with Crippen LogP contribution in [0.5, 0.6) is 0 Å². The first-order chi connectivity index (χ1) is 12.4. The maximum absolute atomic E-state index is 15.0. The van der Waals surface area contributed by atoms with Gasteiger partial charge in [-0.25, -0.2) is 9.18 Å². The van der Waals surface area contributed by atoms with Crippen molar-refractivity contribution < 1.29 is 14.3 Å². The molecule has 0 amide bonds. The van der Waals surface area contributed by atoms with Crippen molar-refractivity contribution in [2.45, 2.75) is 44.6 Å². The molecule has 0 bridgehead atoms. The summed E-state index contributed by atoms with van der Waals surface area (Å²) in [4.78, 5) is 26.1. The monoisotopic (exact) mass is 359 g/mol. The van der Waals surface area contributed by atoms with Crippen LogP contribution in [-0.4, -0.2) is 34.6 Å². The van der Waals surface area contributed by atoms with Crippen molar-refractivity contribution in [2.24, 2.45) is 5.73 Å². The van der Waals surface area contributed by atoms with Gasteiger partial charge in [-0.1, -0.05) is 6.92 Å². The highest BCUT2D eigenvalue weighted by atomic mass is 19.1. The molecule has 6 nitrogen and oxygen atoms in total. The number of pyridine rings is 2. The van der Waals surface area contributed by atoms with Crippen LogP contribution in [0.3, 0.4) is 0 Å². The largest absolute Gasteiger partial charge is 0.477 e. The van der Waals surface area contributed by atoms with Crippen LogP contribution >= 0.6 is 0 Å². The molecule has 1 unspecified atom stereocenters. The number of nitrogens with two attached hydrogens (primary N) is 1. The molecule has 1 aliphatic carbocycles. The molecule has 1 saturated heterocycles. The molecular weight excluding hydrogens is 337 g/mol. The lowest BCUT2D eigenvalue weighted by atomic mass is 10.00. The van der Waals surface area contributed by atoms with Gasteiger partial charge >= 0.3 is 5.97 Å². The van der Waals surface area contributed by atoms with Gasteiger partial charge in [0.1, 0.15) is 5.56 Å². The topological polar surface area (TPSA) is 88.0 Å². The molecule has 3 heterocycles. The molecule has 0 aromatic carbocycles. The van der Waals surface area contributed by atoms with E-state index in [1.807, 2.05) is 11.8 Å². The molecule has 2 aliphatic rings. The number of fused-ring (bicyclic) bond motifs is 1. The third kappa shape index (κ3) is 2.58. The van der Waals surface area contributed by atoms with E-state index in [-0.39, 0.29) is 17.5 Å². The summed E-state index contributed by atoms with van der Waals surface area (Å²) in [7, 11) is 0. The summed E-state index contributed by atoms with van der Waals surface area (Å²) in [6, 6.07) is 1.50. The van der Waals surface area contributed by atoms with Crippen LogP contribution < -0.4 is 16.2 Å². The Morgan fingerprint density at radius 3 is 2.65 bits per heavy atom. The number of nitrogens with zero attached hydrogens (tertiary/aromatic N) is 2. The van der Waals surface area contributed by atoms with Crippen molar-refractivity contribution in [3.63, 3.8) is 0 Å². The first kappa shape index (κ1) is 17.0. The van der Waals surface area contributed by atoms with Gasteiger partial charge in [0.25, 0.3) is 5.56 Å². The van der Waals surface area contributed by atoms with Crippen LogP contribution in [0.15, 0.2) is 17.1 Å². The van der Waals surface area contributed by atoms with E-state index < -0.39 is 17.3 Å². The van der Waals surface area contributed by atoms with Crippen LogP contribution in [0.2, 0.25) is 0 Å². The quantitative estimate of drug-likeness (QED) is 0.873. The van der Waals surface area contributed by atoms with Crippen molar-refractivity contribution in [3.05, 3.63) is 45.1 Å². The molecule has 0 radical (unpaired) electrons. The smallest absolute Gasteiger partial charge is 0.341 e. The number of hydrogen-bond donors (Lipinski definition) is 2. The summed E-state index contributed by atoms with van der Waals surface area (Å²) in [5.74, 6) is -1.55. The number of anilines is 1. The second-order valence-corrected chi connectivity index (χ2v) is 7.27. The number of aromatic nitrogens is 1. The Morgan fingerprint density at radius 2 is 2.12 bits per heavy atom. The highest BCUT2D eigenvalue weighted by molar-refractivity contribution is 5.89. The van der Waals surface area contributed by atoms with Crippen LogP contribution in [0, 0.1) is 5.82 Å². The molecule has 1 atom stereocenters. The third-order valence-corrected chi connectivity index (χ3v) is 5.45. The van der Waals surface area contributed by atoms with E-state index in [4.69, 9.17) is 5.73 Å². The fraction of sp³-hybridized carbons (Fsp3) is 0.474. The molecule has 1 saturated carbocycles. The Balaban J connectivity index is 2.06. The van der Waals surface area contributed by atoms with Crippen molar-refractivity contribution in [1.82, 2.24) is 4.40 Å². The summed E-state index contributed by atoms with van der Waals surface area (Å²) in [5.41, 5.74) is 7.78. The summed E-state index contributed by atoms with van der Waals surface area (Å²) < 4.78 is 16.2. The summed E-state index contributed by atoms with van der Waals surface area (Å²) in [6.45, 7) is 3.19. The molecule has 138 valence electrons. The summed E-state index contributed by atoms with van der Waals surface area (Å²) in [5, 5.41) is 9.37. The Hall–Kier alpha value is -2.41. The standard InChI is InChI=1S/C19H22FN3O3/c1-2-12-16-13(10-3-4-10)7-14(19(25)26)18(24)23(16)9-15(20)17(12)22-6-5-11(21)8-22/h7,9-11H,2-6,8,21H2,1H3,(H,25,26). The highest BCUT2D eigenvalue weighted by Gasteiger charge is 2.32. The Bertz CT molecular complexity index is 965. The molecule has 2 aromatic heterocycles. The third-order valence-electron chi connectivity index (χ3n) is 5.45. The molecule has 0 spiro atoms. The van der Waals surface area contributed by atoms with Crippen molar-refractivity contribution >= 4 is 17.2 Å². The van der Waals surface area contributed by atoms with Gasteiger partial charge in [0.05, 0.1) is 17.4 Å². The second kappa shape index (κ2) is 6.09. The van der Waals surface area contributed by atoms with E-state index in [1.54, 1.807) is 0 Å². The number of carbonyl (C=O) groups is 1. The lowest BCUT2D eigenvalue weighted by Gasteiger charge is -2.25. The van der Waals surface area contributed by atoms with E-state index in [9.17, 15) is 14.7 Å². The zero-order chi connectivity index (χ0) is 18.6. The van der Waals surface area contributed by atoms with Crippen molar-refractivity contribution in [2.75, 3.05) is 18.0 Å². The van der Waals surface area contributed by atoms with Crippen LogP contribution in [0.25, 0.3) is 5.52 Å². The summed E-state index contributed by atoms with van der Waals surface area (Å²) >= 11 is 0. The molecule has 2 aromatic rings. The number of carboxylic acids is 1. The molecular formula is C19H22FN3O3. The van der Waals surface area contributed by atoms with E-state index in [1.165, 1.54) is 10.5 Å². The first-order valence-electron chi connectivity index (χ1n) is 9.06. The van der Waals surface area contributed by atoms with Gasteiger partial charge in [0, 0.05) is 24.7 Å². The van der Waals surface area contributed by atoms with Crippen molar-refractivity contribution in [3.8, 4) is 0 Å². The van der Waals surface area contributed by atoms with Gasteiger partial charge < -0.3 is 15.7 Å². The predicted octanol–water partition coefficient (Wildman–Crippen LogP) is 2.11. The Kier molecular flexibility index (Phi) is 3.99. The van der Waals surface area contributed by atoms with E-state index in [0.717, 1.165) is 36.6 Å². The maximum atomic E-state index is 15.0. The van der Waals surface area contributed by atoms with Gasteiger partial charge in [-0.15, -0.1) is 0 Å². The van der Waals surface area contributed by atoms with Gasteiger partial charge in [0.2, 0.25) is 0 Å². The van der Waals surface area contributed by atoms with E-state index >= 15 is 4.39 Å². The highest BCUT2D eigenvalue weighted by Crippen LogP contribution is 2.44. The minimum Gasteiger partial charge on any atom is -0.477 e. The molecule has 1 aliphatic heterocycles.